The van der Waals surface area contributed by atoms with Crippen LogP contribution in [0.2, 0.25) is 0 Å². The second-order valence-corrected chi connectivity index (χ2v) is 9.63. The van der Waals surface area contributed by atoms with Gasteiger partial charge in [-0.05, 0) is 43.7 Å². The summed E-state index contributed by atoms with van der Waals surface area (Å²) >= 11 is 0. The number of carbonyl (C=O) groups is 2. The fourth-order valence-corrected chi connectivity index (χ4v) is 4.52. The van der Waals surface area contributed by atoms with Crippen molar-refractivity contribution >= 4 is 27.5 Å². The number of piperazine rings is 1. The quantitative estimate of drug-likeness (QED) is 0.632. The van der Waals surface area contributed by atoms with E-state index in [1.807, 2.05) is 18.7 Å². The molecule has 0 radical (unpaired) electrons. The number of hydrogen-bond acceptors (Lipinski definition) is 5. The standard InChI is InChI=1S/C23H30N4O4S/c1-3-18(2)24-22(28)17-26-12-14-27(15-13-26)23(29)19-8-7-9-20(16-19)25-32(30,31)21-10-5-4-6-11-21/h4-11,16,18,25H,3,12-15,17H2,1-2H3,(H,24,28). The number of hydrogen-bond donors (Lipinski definition) is 2. The van der Waals surface area contributed by atoms with Gasteiger partial charge in [-0.15, -0.1) is 0 Å². The molecule has 2 N–H and O–H groups in total. The monoisotopic (exact) mass is 458 g/mol. The van der Waals surface area contributed by atoms with E-state index in [1.165, 1.54) is 12.1 Å². The van der Waals surface area contributed by atoms with Gasteiger partial charge in [0.1, 0.15) is 0 Å². The summed E-state index contributed by atoms with van der Waals surface area (Å²) in [4.78, 5) is 29.0. The van der Waals surface area contributed by atoms with E-state index >= 15 is 0 Å². The lowest BCUT2D eigenvalue weighted by atomic mass is 10.1. The molecule has 8 nitrogen and oxygen atoms in total. The van der Waals surface area contributed by atoms with E-state index < -0.39 is 10.0 Å². The molecule has 172 valence electrons. The molecule has 0 aromatic heterocycles. The number of sulfonamides is 1. The molecule has 1 aliphatic rings. The second kappa shape index (κ2) is 10.6. The zero-order chi connectivity index (χ0) is 23.1. The van der Waals surface area contributed by atoms with Crippen LogP contribution in [0.15, 0.2) is 59.5 Å². The van der Waals surface area contributed by atoms with E-state index in [9.17, 15) is 18.0 Å². The molecule has 1 heterocycles. The fraction of sp³-hybridized carbons (Fsp3) is 0.391. The maximum Gasteiger partial charge on any atom is 0.261 e. The van der Waals surface area contributed by atoms with E-state index in [-0.39, 0.29) is 22.8 Å². The first-order chi connectivity index (χ1) is 15.3. The predicted molar refractivity (Wildman–Crippen MR) is 124 cm³/mol. The minimum Gasteiger partial charge on any atom is -0.353 e. The van der Waals surface area contributed by atoms with Crippen LogP contribution in [-0.2, 0) is 14.8 Å². The third-order valence-corrected chi connectivity index (χ3v) is 6.86. The predicted octanol–water partition coefficient (Wildman–Crippen LogP) is 2.16. The largest absolute Gasteiger partial charge is 0.353 e. The van der Waals surface area contributed by atoms with Crippen LogP contribution in [-0.4, -0.2) is 68.8 Å². The summed E-state index contributed by atoms with van der Waals surface area (Å²) in [6.07, 6.45) is 0.884. The smallest absolute Gasteiger partial charge is 0.261 e. The van der Waals surface area contributed by atoms with E-state index in [4.69, 9.17) is 0 Å². The summed E-state index contributed by atoms with van der Waals surface area (Å²) < 4.78 is 27.6. The minimum absolute atomic E-state index is 0.00229. The molecular formula is C23H30N4O4S. The Kier molecular flexibility index (Phi) is 7.87. The van der Waals surface area contributed by atoms with Crippen LogP contribution in [0, 0.1) is 0 Å². The van der Waals surface area contributed by atoms with Gasteiger partial charge in [0.15, 0.2) is 0 Å². The number of anilines is 1. The highest BCUT2D eigenvalue weighted by atomic mass is 32.2. The molecule has 1 aliphatic heterocycles. The summed E-state index contributed by atoms with van der Waals surface area (Å²) in [5, 5.41) is 2.96. The highest BCUT2D eigenvalue weighted by molar-refractivity contribution is 7.92. The van der Waals surface area contributed by atoms with E-state index in [0.29, 0.717) is 44.0 Å². The van der Waals surface area contributed by atoms with Gasteiger partial charge in [0.05, 0.1) is 11.4 Å². The molecule has 1 unspecified atom stereocenters. The van der Waals surface area contributed by atoms with Crippen molar-refractivity contribution in [2.45, 2.75) is 31.2 Å². The van der Waals surface area contributed by atoms with Gasteiger partial charge in [-0.25, -0.2) is 8.42 Å². The summed E-state index contributed by atoms with van der Waals surface area (Å²) in [6, 6.07) is 14.7. The van der Waals surface area contributed by atoms with Crippen molar-refractivity contribution in [2.75, 3.05) is 37.4 Å². The highest BCUT2D eigenvalue weighted by Gasteiger charge is 2.24. The van der Waals surface area contributed by atoms with Crippen LogP contribution in [0.3, 0.4) is 0 Å². The Morgan fingerprint density at radius 2 is 1.69 bits per heavy atom. The fourth-order valence-electron chi connectivity index (χ4n) is 3.45. The van der Waals surface area contributed by atoms with Crippen molar-refractivity contribution in [3.8, 4) is 0 Å². The van der Waals surface area contributed by atoms with Crippen LogP contribution in [0.4, 0.5) is 5.69 Å². The molecule has 32 heavy (non-hydrogen) atoms. The van der Waals surface area contributed by atoms with Gasteiger partial charge in [0.25, 0.3) is 15.9 Å². The van der Waals surface area contributed by atoms with Gasteiger partial charge < -0.3 is 10.2 Å². The summed E-state index contributed by atoms with van der Waals surface area (Å²) in [5.74, 6) is -0.160. The van der Waals surface area contributed by atoms with Crippen molar-refractivity contribution in [3.05, 3.63) is 60.2 Å². The van der Waals surface area contributed by atoms with Gasteiger partial charge in [0, 0.05) is 43.5 Å². The Hall–Kier alpha value is -2.91. The molecule has 1 fully saturated rings. The second-order valence-electron chi connectivity index (χ2n) is 7.94. The average Bonchev–Trinajstić information content (AvgIpc) is 2.79. The number of nitrogens with zero attached hydrogens (tertiary/aromatic N) is 2. The van der Waals surface area contributed by atoms with Crippen molar-refractivity contribution in [3.63, 3.8) is 0 Å². The molecule has 0 spiro atoms. The molecule has 0 aliphatic carbocycles. The first kappa shape index (κ1) is 23.7. The van der Waals surface area contributed by atoms with Gasteiger partial charge >= 0.3 is 0 Å². The maximum atomic E-state index is 13.0. The van der Waals surface area contributed by atoms with Crippen molar-refractivity contribution in [2.24, 2.45) is 0 Å². The molecule has 2 aromatic carbocycles. The first-order valence-corrected chi connectivity index (χ1v) is 12.3. The van der Waals surface area contributed by atoms with E-state index in [0.717, 1.165) is 6.42 Å². The summed E-state index contributed by atoms with van der Waals surface area (Å²) in [7, 11) is -3.73. The number of benzene rings is 2. The summed E-state index contributed by atoms with van der Waals surface area (Å²) in [6.45, 7) is 6.56. The third-order valence-electron chi connectivity index (χ3n) is 5.46. The molecule has 1 atom stereocenters. The molecule has 3 rings (SSSR count). The van der Waals surface area contributed by atoms with Gasteiger partial charge in [-0.1, -0.05) is 31.2 Å². The number of amides is 2. The van der Waals surface area contributed by atoms with Gasteiger partial charge in [-0.3, -0.25) is 19.2 Å². The van der Waals surface area contributed by atoms with Crippen LogP contribution < -0.4 is 10.0 Å². The Morgan fingerprint density at radius 3 is 2.34 bits per heavy atom. The first-order valence-electron chi connectivity index (χ1n) is 10.8. The minimum atomic E-state index is -3.73. The Morgan fingerprint density at radius 1 is 1.00 bits per heavy atom. The molecule has 0 saturated carbocycles. The zero-order valence-electron chi connectivity index (χ0n) is 18.5. The van der Waals surface area contributed by atoms with E-state index in [2.05, 4.69) is 10.0 Å². The normalized spacial score (nSPS) is 15.8. The Bertz CT molecular complexity index is 1030. The third kappa shape index (κ3) is 6.30. The molecule has 9 heteroatoms. The maximum absolute atomic E-state index is 13.0. The van der Waals surface area contributed by atoms with Crippen LogP contribution >= 0.6 is 0 Å². The summed E-state index contributed by atoms with van der Waals surface area (Å²) in [5.41, 5.74) is 0.751. The van der Waals surface area contributed by atoms with Gasteiger partial charge in [0.2, 0.25) is 5.91 Å². The van der Waals surface area contributed by atoms with Crippen LogP contribution in [0.1, 0.15) is 30.6 Å². The number of rotatable bonds is 8. The zero-order valence-corrected chi connectivity index (χ0v) is 19.3. The Labute approximate surface area is 189 Å². The lowest BCUT2D eigenvalue weighted by Crippen LogP contribution is -2.51. The van der Waals surface area contributed by atoms with Gasteiger partial charge in [-0.2, -0.15) is 0 Å². The van der Waals surface area contributed by atoms with Crippen molar-refractivity contribution < 1.29 is 18.0 Å². The van der Waals surface area contributed by atoms with Crippen LogP contribution in [0.5, 0.6) is 0 Å². The highest BCUT2D eigenvalue weighted by Crippen LogP contribution is 2.18. The lowest BCUT2D eigenvalue weighted by molar-refractivity contribution is -0.123. The molecular weight excluding hydrogens is 428 g/mol. The Balaban J connectivity index is 1.58. The molecule has 2 aromatic rings. The average molecular weight is 459 g/mol. The molecule has 0 bridgehead atoms. The van der Waals surface area contributed by atoms with Crippen molar-refractivity contribution in [1.29, 1.82) is 0 Å². The number of carbonyl (C=O) groups excluding carboxylic acids is 2. The van der Waals surface area contributed by atoms with E-state index in [1.54, 1.807) is 47.4 Å². The molecule has 2 amide bonds. The van der Waals surface area contributed by atoms with Crippen LogP contribution in [0.25, 0.3) is 0 Å². The molecule has 1 saturated heterocycles. The number of nitrogens with one attached hydrogen (secondary N) is 2. The van der Waals surface area contributed by atoms with Crippen molar-refractivity contribution in [1.82, 2.24) is 15.1 Å². The topological polar surface area (TPSA) is 98.8 Å². The lowest BCUT2D eigenvalue weighted by Gasteiger charge is -2.34. The SMILES string of the molecule is CCC(C)NC(=O)CN1CCN(C(=O)c2cccc(NS(=O)(=O)c3ccccc3)c2)CC1.